The Morgan fingerprint density at radius 2 is 1.63 bits per heavy atom. The number of rotatable bonds is 9. The summed E-state index contributed by atoms with van der Waals surface area (Å²) in [6, 6.07) is 11.2. The molecule has 0 spiro atoms. The van der Waals surface area contributed by atoms with Crippen LogP contribution in [0.15, 0.2) is 91.1 Å². The highest BCUT2D eigenvalue weighted by molar-refractivity contribution is 5.88. The molecule has 5 aromatic rings. The van der Waals surface area contributed by atoms with Gasteiger partial charge in [-0.1, -0.05) is 48.0 Å². The average molecular weight is 702 g/mol. The first-order valence-electron chi connectivity index (χ1n) is 17.1. The Balaban J connectivity index is 0.000000923. The first-order chi connectivity index (χ1) is 24.8. The SMILES string of the molecule is C=C.CC.CC.CCC.Cc1cc(Nc2ncnn3ccc(N4CC=NC(CC/C(O)=C(/O)C(=O)O)C4)c23)ccc1Oc1ccn2ncnc2c1. The Morgan fingerprint density at radius 1 is 0.961 bits per heavy atom. The molecule has 1 aliphatic heterocycles. The Labute approximate surface area is 299 Å². The molecular weight excluding hydrogens is 650 g/mol. The quantitative estimate of drug-likeness (QED) is 0.0660. The zero-order valence-electron chi connectivity index (χ0n) is 30.6. The van der Waals surface area contributed by atoms with Gasteiger partial charge in [0.05, 0.1) is 18.3 Å². The van der Waals surface area contributed by atoms with Crippen LogP contribution in [0.2, 0.25) is 0 Å². The third-order valence-corrected chi connectivity index (χ3v) is 6.93. The monoisotopic (exact) mass is 701 g/mol. The molecule has 0 amide bonds. The number of allylic oxidation sites excluding steroid dienone is 1. The highest BCUT2D eigenvalue weighted by Crippen LogP contribution is 2.33. The van der Waals surface area contributed by atoms with Crippen molar-refractivity contribution in [2.45, 2.75) is 73.8 Å². The molecular formula is C37H51N9O5. The summed E-state index contributed by atoms with van der Waals surface area (Å²) in [4.78, 5) is 26.2. The van der Waals surface area contributed by atoms with Gasteiger partial charge in [0.15, 0.2) is 11.5 Å². The van der Waals surface area contributed by atoms with Crippen molar-refractivity contribution in [3.05, 3.63) is 91.7 Å². The number of aryl methyl sites for hydroxylation is 1. The third-order valence-electron chi connectivity index (χ3n) is 6.93. The highest BCUT2D eigenvalue weighted by atomic mass is 16.5. The number of nitrogens with one attached hydrogen (secondary N) is 1. The molecule has 14 heteroatoms. The van der Waals surface area contributed by atoms with Crippen LogP contribution in [0.25, 0.3) is 11.2 Å². The minimum Gasteiger partial charge on any atom is -0.508 e. The van der Waals surface area contributed by atoms with Gasteiger partial charge in [-0.25, -0.2) is 23.8 Å². The molecule has 1 aromatic carbocycles. The standard InChI is InChI=1S/C28H27N9O5.C3H8.2C2H6.C2H4/c1-17-12-18(3-5-23(17)42-20-6-9-36-24(13-20)30-15-32-36)34-27-25-21(7-10-37(25)33-16-31-27)35-11-8-29-19(14-35)2-4-22(38)26(39)28(40)41;1-3-2;3*1-2/h3,5-10,12-13,15-16,19,38-39H,2,4,11,14H2,1H3,(H,40,41)(H,31,33,34);3H2,1-2H3;2*1-2H3;1-2H2/b26-22-;;;;. The predicted molar refractivity (Wildman–Crippen MR) is 204 cm³/mol. The molecule has 0 bridgehead atoms. The van der Waals surface area contributed by atoms with E-state index in [1.165, 1.54) is 19.1 Å². The van der Waals surface area contributed by atoms with Gasteiger partial charge in [0.1, 0.15) is 35.4 Å². The molecule has 0 saturated carbocycles. The van der Waals surface area contributed by atoms with Crippen LogP contribution in [0.1, 0.15) is 66.4 Å². The minimum absolute atomic E-state index is 0.00531. The van der Waals surface area contributed by atoms with E-state index in [9.17, 15) is 15.0 Å². The second kappa shape index (κ2) is 21.2. The molecule has 14 nitrogen and oxygen atoms in total. The van der Waals surface area contributed by atoms with Crippen LogP contribution in [-0.2, 0) is 4.79 Å². The lowest BCUT2D eigenvalue weighted by Gasteiger charge is -2.29. The van der Waals surface area contributed by atoms with Crippen LogP contribution in [0.3, 0.4) is 0 Å². The molecule has 1 atom stereocenters. The van der Waals surface area contributed by atoms with Gasteiger partial charge in [0.25, 0.3) is 0 Å². The third kappa shape index (κ3) is 11.0. The predicted octanol–water partition coefficient (Wildman–Crippen LogP) is 8.34. The zero-order valence-corrected chi connectivity index (χ0v) is 30.6. The Hall–Kier alpha value is -5.92. The molecule has 4 N–H and O–H groups in total. The van der Waals surface area contributed by atoms with Crippen LogP contribution < -0.4 is 15.0 Å². The van der Waals surface area contributed by atoms with Gasteiger partial charge in [-0.2, -0.15) is 10.2 Å². The van der Waals surface area contributed by atoms with Crippen LogP contribution >= 0.6 is 0 Å². The van der Waals surface area contributed by atoms with Crippen molar-refractivity contribution in [3.8, 4) is 11.5 Å². The maximum absolute atomic E-state index is 10.9. The second-order valence-corrected chi connectivity index (χ2v) is 10.5. The lowest BCUT2D eigenvalue weighted by molar-refractivity contribution is -0.135. The lowest BCUT2D eigenvalue weighted by Crippen LogP contribution is -2.37. The number of carboxylic acid groups (broad SMARTS) is 1. The number of benzene rings is 1. The molecule has 6 rings (SSSR count). The molecule has 274 valence electrons. The molecule has 0 fully saturated rings. The van der Waals surface area contributed by atoms with E-state index < -0.39 is 17.5 Å². The summed E-state index contributed by atoms with van der Waals surface area (Å²) in [7, 11) is 0. The van der Waals surface area contributed by atoms with Crippen molar-refractivity contribution in [1.29, 1.82) is 0 Å². The highest BCUT2D eigenvalue weighted by Gasteiger charge is 2.23. The van der Waals surface area contributed by atoms with Gasteiger partial charge in [0, 0.05) is 43.3 Å². The molecule has 5 heterocycles. The van der Waals surface area contributed by atoms with Crippen LogP contribution in [0, 0.1) is 6.92 Å². The van der Waals surface area contributed by atoms with Gasteiger partial charge in [-0.05, 0) is 49.2 Å². The largest absolute Gasteiger partial charge is 0.508 e. The minimum atomic E-state index is -1.57. The molecule has 1 unspecified atom stereocenters. The van der Waals surface area contributed by atoms with Gasteiger partial charge in [0.2, 0.25) is 5.76 Å². The number of pyridine rings is 1. The van der Waals surface area contributed by atoms with Crippen molar-refractivity contribution < 1.29 is 24.9 Å². The van der Waals surface area contributed by atoms with Gasteiger partial charge < -0.3 is 30.3 Å². The number of anilines is 3. The van der Waals surface area contributed by atoms with Crippen molar-refractivity contribution in [2.24, 2.45) is 4.99 Å². The molecule has 0 saturated heterocycles. The lowest BCUT2D eigenvalue weighted by atomic mass is 10.1. The number of aliphatic imine (C=N–C) groups is 1. The molecule has 4 aromatic heterocycles. The maximum atomic E-state index is 10.9. The van der Waals surface area contributed by atoms with E-state index in [1.54, 1.807) is 21.4 Å². The fourth-order valence-electron chi connectivity index (χ4n) is 4.83. The summed E-state index contributed by atoms with van der Waals surface area (Å²) in [5.74, 6) is -1.20. The maximum Gasteiger partial charge on any atom is 0.374 e. The molecule has 0 radical (unpaired) electrons. The summed E-state index contributed by atoms with van der Waals surface area (Å²) in [5, 5.41) is 40.1. The molecule has 0 aliphatic carbocycles. The number of carboxylic acids is 1. The number of hydrogen-bond donors (Lipinski definition) is 4. The van der Waals surface area contributed by atoms with E-state index in [2.05, 4.69) is 62.4 Å². The first kappa shape index (κ1) is 41.3. The number of fused-ring (bicyclic) bond motifs is 2. The van der Waals surface area contributed by atoms with Crippen LogP contribution in [-0.4, -0.2) is 75.8 Å². The summed E-state index contributed by atoms with van der Waals surface area (Å²) in [5.41, 5.74) is 4.10. The fourth-order valence-corrected chi connectivity index (χ4v) is 4.83. The fraction of sp³-hybridized carbons (Fsp3) is 0.351. The summed E-state index contributed by atoms with van der Waals surface area (Å²) in [6.07, 6.45) is 10.0. The van der Waals surface area contributed by atoms with E-state index in [-0.39, 0.29) is 12.5 Å². The number of aromatic nitrogens is 6. The average Bonchev–Trinajstić information content (AvgIpc) is 3.82. The smallest absolute Gasteiger partial charge is 0.374 e. The van der Waals surface area contributed by atoms with E-state index >= 15 is 0 Å². The van der Waals surface area contributed by atoms with Crippen molar-refractivity contribution >= 4 is 40.5 Å². The Bertz CT molecular complexity index is 1880. The van der Waals surface area contributed by atoms with Gasteiger partial charge in [-0.3, -0.25) is 4.99 Å². The van der Waals surface area contributed by atoms with Crippen LogP contribution in [0.5, 0.6) is 11.5 Å². The zero-order chi connectivity index (χ0) is 37.9. The normalized spacial score (nSPS) is 13.5. The van der Waals surface area contributed by atoms with E-state index in [0.29, 0.717) is 42.5 Å². The van der Waals surface area contributed by atoms with Crippen molar-refractivity contribution in [2.75, 3.05) is 23.3 Å². The van der Waals surface area contributed by atoms with Crippen LogP contribution in [0.4, 0.5) is 17.2 Å². The van der Waals surface area contributed by atoms with E-state index in [4.69, 9.17) is 9.84 Å². The van der Waals surface area contributed by atoms with Gasteiger partial charge >= 0.3 is 5.97 Å². The second-order valence-electron chi connectivity index (χ2n) is 10.5. The Morgan fingerprint density at radius 3 is 2.31 bits per heavy atom. The first-order valence-corrected chi connectivity index (χ1v) is 17.1. The van der Waals surface area contributed by atoms with Crippen molar-refractivity contribution in [1.82, 2.24) is 29.2 Å². The number of carbonyl (C=O) groups is 1. The number of hydrogen-bond acceptors (Lipinski definition) is 11. The number of aliphatic hydroxyl groups excluding tert-OH is 2. The topological polar surface area (TPSA) is 175 Å². The summed E-state index contributed by atoms with van der Waals surface area (Å²) in [6.45, 7) is 21.3. The summed E-state index contributed by atoms with van der Waals surface area (Å²) >= 11 is 0. The molecule has 1 aliphatic rings. The van der Waals surface area contributed by atoms with Gasteiger partial charge in [-0.15, -0.1) is 13.2 Å². The van der Waals surface area contributed by atoms with E-state index in [0.717, 1.165) is 22.5 Å². The number of aliphatic carboxylic acids is 1. The summed E-state index contributed by atoms with van der Waals surface area (Å²) < 4.78 is 9.51. The number of aliphatic hydroxyl groups is 2. The van der Waals surface area contributed by atoms with E-state index in [1.807, 2.05) is 77.2 Å². The number of ether oxygens (including phenoxy) is 1. The van der Waals surface area contributed by atoms with Crippen molar-refractivity contribution in [3.63, 3.8) is 0 Å². The number of nitrogens with zero attached hydrogens (tertiary/aromatic N) is 8. The Kier molecular flexibility index (Phi) is 17.2. The molecule has 51 heavy (non-hydrogen) atoms.